The summed E-state index contributed by atoms with van der Waals surface area (Å²) >= 11 is 0. The molecule has 4 nitrogen and oxygen atoms in total. The summed E-state index contributed by atoms with van der Waals surface area (Å²) in [7, 11) is 1.53. The summed E-state index contributed by atoms with van der Waals surface area (Å²) < 4.78 is 43.5. The Balaban J connectivity index is 2.66. The van der Waals surface area contributed by atoms with Gasteiger partial charge in [-0.25, -0.2) is 4.98 Å². The molecule has 1 aromatic heterocycles. The third-order valence-electron chi connectivity index (χ3n) is 2.94. The summed E-state index contributed by atoms with van der Waals surface area (Å²) in [5.41, 5.74) is 2.49. The van der Waals surface area contributed by atoms with Gasteiger partial charge in [-0.2, -0.15) is 13.2 Å². The number of nitrogens with two attached hydrogens (primary N) is 1. The number of alkyl halides is 3. The van der Waals surface area contributed by atoms with Crippen LogP contribution < -0.4 is 11.3 Å². The van der Waals surface area contributed by atoms with Crippen LogP contribution in [0.1, 0.15) is 11.3 Å². The van der Waals surface area contributed by atoms with Crippen LogP contribution in [-0.4, -0.2) is 18.7 Å². The minimum absolute atomic E-state index is 0.196. The molecule has 0 aliphatic heterocycles. The van der Waals surface area contributed by atoms with Gasteiger partial charge in [0.1, 0.15) is 5.69 Å². The lowest BCUT2D eigenvalue weighted by Gasteiger charge is -2.13. The van der Waals surface area contributed by atoms with E-state index in [1.165, 1.54) is 7.11 Å². The molecule has 0 unspecified atom stereocenters. The van der Waals surface area contributed by atoms with E-state index in [0.29, 0.717) is 24.0 Å². The second kappa shape index (κ2) is 5.64. The van der Waals surface area contributed by atoms with Gasteiger partial charge < -0.3 is 10.2 Å². The van der Waals surface area contributed by atoms with E-state index in [4.69, 9.17) is 10.6 Å². The van der Waals surface area contributed by atoms with Crippen molar-refractivity contribution in [1.29, 1.82) is 0 Å². The normalized spacial score (nSPS) is 11.8. The molecule has 7 heteroatoms. The molecule has 1 aromatic carbocycles. The highest BCUT2D eigenvalue weighted by molar-refractivity contribution is 5.93. The summed E-state index contributed by atoms with van der Waals surface area (Å²) in [4.78, 5) is 3.73. The monoisotopic (exact) mass is 285 g/mol. The number of methoxy groups -OCH3 is 1. The maximum absolute atomic E-state index is 12.9. The predicted molar refractivity (Wildman–Crippen MR) is 70.1 cm³/mol. The summed E-state index contributed by atoms with van der Waals surface area (Å²) in [5, 5.41) is 0.550. The lowest BCUT2D eigenvalue weighted by molar-refractivity contribution is -0.140. The highest BCUT2D eigenvalue weighted by Crippen LogP contribution is 2.33. The number of nitrogen functional groups attached to an aromatic ring is 1. The zero-order valence-corrected chi connectivity index (χ0v) is 10.8. The van der Waals surface area contributed by atoms with Crippen molar-refractivity contribution in [1.82, 2.24) is 4.98 Å². The van der Waals surface area contributed by atoms with E-state index < -0.39 is 11.9 Å². The van der Waals surface area contributed by atoms with E-state index in [0.717, 1.165) is 6.07 Å². The fraction of sp³-hybridized carbons (Fsp3) is 0.308. The molecular formula is C13H14F3N3O. The van der Waals surface area contributed by atoms with Crippen molar-refractivity contribution in [3.8, 4) is 0 Å². The number of halogens is 3. The molecule has 0 fully saturated rings. The zero-order valence-electron chi connectivity index (χ0n) is 10.8. The lowest BCUT2D eigenvalue weighted by Crippen LogP contribution is -2.13. The van der Waals surface area contributed by atoms with Crippen LogP contribution in [-0.2, 0) is 17.3 Å². The van der Waals surface area contributed by atoms with Crippen LogP contribution in [0.3, 0.4) is 0 Å². The Kier molecular flexibility index (Phi) is 4.10. The Bertz CT molecular complexity index is 614. The van der Waals surface area contributed by atoms with Crippen LogP contribution in [0.4, 0.5) is 18.9 Å². The molecule has 2 rings (SSSR count). The maximum atomic E-state index is 12.9. The third kappa shape index (κ3) is 2.83. The van der Waals surface area contributed by atoms with Gasteiger partial charge in [0.15, 0.2) is 0 Å². The van der Waals surface area contributed by atoms with Crippen molar-refractivity contribution in [2.24, 2.45) is 5.84 Å². The van der Waals surface area contributed by atoms with Crippen molar-refractivity contribution in [2.75, 3.05) is 19.1 Å². The minimum atomic E-state index is -4.52. The van der Waals surface area contributed by atoms with Gasteiger partial charge in [0.25, 0.3) is 0 Å². The highest BCUT2D eigenvalue weighted by atomic mass is 19.4. The van der Waals surface area contributed by atoms with Gasteiger partial charge in [0.05, 0.1) is 17.8 Å². The highest BCUT2D eigenvalue weighted by Gasteiger charge is 2.33. The SMILES string of the molecule is COCCc1cccc2c(NN)cc(C(F)(F)F)nc12. The number of hydrogen-bond donors (Lipinski definition) is 2. The maximum Gasteiger partial charge on any atom is 0.433 e. The predicted octanol–water partition coefficient (Wildman–Crippen LogP) is 2.73. The van der Waals surface area contributed by atoms with Crippen molar-refractivity contribution in [3.63, 3.8) is 0 Å². The minimum Gasteiger partial charge on any atom is -0.384 e. The van der Waals surface area contributed by atoms with Crippen molar-refractivity contribution in [2.45, 2.75) is 12.6 Å². The van der Waals surface area contributed by atoms with Gasteiger partial charge >= 0.3 is 6.18 Å². The van der Waals surface area contributed by atoms with Crippen LogP contribution in [0.25, 0.3) is 10.9 Å². The lowest BCUT2D eigenvalue weighted by atomic mass is 10.1. The number of nitrogens with zero attached hydrogens (tertiary/aromatic N) is 1. The average molecular weight is 285 g/mol. The van der Waals surface area contributed by atoms with Crippen LogP contribution in [0.15, 0.2) is 24.3 Å². The van der Waals surface area contributed by atoms with Crippen LogP contribution in [0.5, 0.6) is 0 Å². The Morgan fingerprint density at radius 1 is 1.35 bits per heavy atom. The van der Waals surface area contributed by atoms with E-state index in [1.54, 1.807) is 18.2 Å². The first kappa shape index (κ1) is 14.5. The van der Waals surface area contributed by atoms with Crippen molar-refractivity contribution >= 4 is 16.6 Å². The number of nitrogens with one attached hydrogen (secondary N) is 1. The van der Waals surface area contributed by atoms with Crippen LogP contribution in [0.2, 0.25) is 0 Å². The number of hydrazine groups is 1. The fourth-order valence-electron chi connectivity index (χ4n) is 1.99. The first-order chi connectivity index (χ1) is 9.47. The fourth-order valence-corrected chi connectivity index (χ4v) is 1.99. The Morgan fingerprint density at radius 3 is 2.70 bits per heavy atom. The molecule has 108 valence electrons. The first-order valence-electron chi connectivity index (χ1n) is 5.92. The molecule has 20 heavy (non-hydrogen) atoms. The largest absolute Gasteiger partial charge is 0.433 e. The molecule has 0 aliphatic rings. The van der Waals surface area contributed by atoms with Crippen molar-refractivity contribution in [3.05, 3.63) is 35.5 Å². The summed E-state index contributed by atoms with van der Waals surface area (Å²) in [6.45, 7) is 0.405. The number of ether oxygens (including phenoxy) is 1. The Labute approximate surface area is 113 Å². The summed E-state index contributed by atoms with van der Waals surface area (Å²) in [5.74, 6) is 5.31. The number of fused-ring (bicyclic) bond motifs is 1. The second-order valence-corrected chi connectivity index (χ2v) is 4.25. The summed E-state index contributed by atoms with van der Waals surface area (Å²) in [6, 6.07) is 6.06. The van der Waals surface area contributed by atoms with Gasteiger partial charge in [0.2, 0.25) is 0 Å². The topological polar surface area (TPSA) is 60.2 Å². The number of benzene rings is 1. The number of rotatable bonds is 4. The molecule has 2 aromatic rings. The van der Waals surface area contributed by atoms with Gasteiger partial charge in [-0.05, 0) is 18.1 Å². The quantitative estimate of drug-likeness (QED) is 0.670. The number of para-hydroxylation sites is 1. The molecule has 0 bridgehead atoms. The molecule has 0 amide bonds. The molecular weight excluding hydrogens is 271 g/mol. The average Bonchev–Trinajstić information content (AvgIpc) is 2.42. The zero-order chi connectivity index (χ0) is 14.8. The van der Waals surface area contributed by atoms with Crippen LogP contribution >= 0.6 is 0 Å². The van der Waals surface area contributed by atoms with Gasteiger partial charge in [-0.1, -0.05) is 18.2 Å². The molecule has 0 aliphatic carbocycles. The number of pyridine rings is 1. The molecule has 1 heterocycles. The Morgan fingerprint density at radius 2 is 2.10 bits per heavy atom. The van der Waals surface area contributed by atoms with E-state index in [9.17, 15) is 13.2 Å². The van der Waals surface area contributed by atoms with Gasteiger partial charge in [0, 0.05) is 12.5 Å². The summed E-state index contributed by atoms with van der Waals surface area (Å²) in [6.07, 6.45) is -4.04. The number of aromatic nitrogens is 1. The van der Waals surface area contributed by atoms with E-state index in [2.05, 4.69) is 10.4 Å². The first-order valence-corrected chi connectivity index (χ1v) is 5.92. The standard InChI is InChI=1S/C13H14F3N3O/c1-20-6-5-8-3-2-4-9-10(19-17)7-11(13(14,15)16)18-12(8)9/h2-4,7H,5-6,17H2,1H3,(H,18,19). The third-order valence-corrected chi connectivity index (χ3v) is 2.94. The van der Waals surface area contributed by atoms with Gasteiger partial charge in [-0.3, -0.25) is 5.84 Å². The molecule has 0 saturated carbocycles. The molecule has 0 spiro atoms. The van der Waals surface area contributed by atoms with Gasteiger partial charge in [-0.15, -0.1) is 0 Å². The van der Waals surface area contributed by atoms with E-state index in [1.807, 2.05) is 0 Å². The number of hydrogen-bond acceptors (Lipinski definition) is 4. The second-order valence-electron chi connectivity index (χ2n) is 4.25. The number of anilines is 1. The molecule has 0 atom stereocenters. The molecule has 0 radical (unpaired) electrons. The van der Waals surface area contributed by atoms with Crippen LogP contribution in [0, 0.1) is 0 Å². The molecule has 0 saturated heterocycles. The Hall–Kier alpha value is -1.86. The smallest absolute Gasteiger partial charge is 0.384 e. The van der Waals surface area contributed by atoms with E-state index in [-0.39, 0.29) is 11.2 Å². The van der Waals surface area contributed by atoms with E-state index >= 15 is 0 Å². The molecule has 3 N–H and O–H groups in total. The van der Waals surface area contributed by atoms with Crippen molar-refractivity contribution < 1.29 is 17.9 Å².